The van der Waals surface area contributed by atoms with E-state index in [0.29, 0.717) is 6.61 Å². The minimum atomic E-state index is -0.313. The first-order valence-corrected chi connectivity index (χ1v) is 6.76. The van der Waals surface area contributed by atoms with E-state index in [0.717, 1.165) is 25.9 Å². The van der Waals surface area contributed by atoms with Crippen LogP contribution in [0.2, 0.25) is 0 Å². The lowest BCUT2D eigenvalue weighted by atomic mass is 10.1. The summed E-state index contributed by atoms with van der Waals surface area (Å²) in [5.74, 6) is -0.313. The Morgan fingerprint density at radius 3 is 2.29 bits per heavy atom. The summed E-state index contributed by atoms with van der Waals surface area (Å²) in [4.78, 5) is 13.2. The van der Waals surface area contributed by atoms with Crippen LogP contribution in [0.5, 0.6) is 0 Å². The molecule has 0 amide bonds. The highest BCUT2D eigenvalue weighted by Gasteiger charge is 1.98. The molecule has 0 saturated carbocycles. The molecule has 0 aliphatic rings. The van der Waals surface area contributed by atoms with Crippen molar-refractivity contribution in [3.8, 4) is 0 Å². The Hall–Kier alpha value is -0.830. The number of carbonyl (C=O) groups excluding carboxylic acids is 1. The minimum absolute atomic E-state index is 0.313. The number of esters is 1. The largest absolute Gasteiger partial charge is 0.463 e. The molecule has 0 aromatic heterocycles. The van der Waals surface area contributed by atoms with Crippen LogP contribution in [0.15, 0.2) is 12.7 Å². The molecular weight excluding hydrogens is 214 g/mol. The van der Waals surface area contributed by atoms with Crippen LogP contribution in [0.4, 0.5) is 0 Å². The number of hydrogen-bond acceptors (Lipinski definition) is 3. The van der Waals surface area contributed by atoms with Gasteiger partial charge >= 0.3 is 5.97 Å². The molecule has 0 saturated heterocycles. The van der Waals surface area contributed by atoms with Crippen molar-refractivity contribution in [2.45, 2.75) is 46.0 Å². The molecule has 3 heteroatoms. The Balaban J connectivity index is 3.18. The van der Waals surface area contributed by atoms with E-state index in [-0.39, 0.29) is 5.97 Å². The molecule has 0 aromatic rings. The van der Waals surface area contributed by atoms with Gasteiger partial charge < -0.3 is 9.64 Å². The van der Waals surface area contributed by atoms with Crippen LogP contribution in [-0.4, -0.2) is 37.1 Å². The molecule has 100 valence electrons. The molecule has 0 unspecified atom stereocenters. The van der Waals surface area contributed by atoms with E-state index in [1.807, 2.05) is 0 Å². The quantitative estimate of drug-likeness (QED) is 0.316. The molecule has 0 aliphatic carbocycles. The van der Waals surface area contributed by atoms with Gasteiger partial charge in [0, 0.05) is 6.08 Å². The van der Waals surface area contributed by atoms with Crippen molar-refractivity contribution < 1.29 is 9.53 Å². The highest BCUT2D eigenvalue weighted by Crippen LogP contribution is 2.04. The Morgan fingerprint density at radius 1 is 1.12 bits per heavy atom. The zero-order chi connectivity index (χ0) is 12.9. The van der Waals surface area contributed by atoms with Crippen LogP contribution in [0.1, 0.15) is 46.0 Å². The second-order valence-electron chi connectivity index (χ2n) is 4.17. The third-order valence-corrected chi connectivity index (χ3v) is 2.92. The normalized spacial score (nSPS) is 10.5. The van der Waals surface area contributed by atoms with Gasteiger partial charge in [0.2, 0.25) is 0 Å². The SMILES string of the molecule is C=CC(=O)OCCCCCCCN(CC)CC. The van der Waals surface area contributed by atoms with E-state index in [9.17, 15) is 4.79 Å². The molecule has 0 N–H and O–H groups in total. The van der Waals surface area contributed by atoms with Gasteiger partial charge in [-0.1, -0.05) is 39.7 Å². The molecular formula is C14H27NO2. The fourth-order valence-electron chi connectivity index (χ4n) is 1.74. The van der Waals surface area contributed by atoms with Crippen LogP contribution in [0.3, 0.4) is 0 Å². The van der Waals surface area contributed by atoms with Gasteiger partial charge in [0.15, 0.2) is 0 Å². The summed E-state index contributed by atoms with van der Waals surface area (Å²) in [6, 6.07) is 0. The molecule has 3 nitrogen and oxygen atoms in total. The second-order valence-corrected chi connectivity index (χ2v) is 4.17. The maximum atomic E-state index is 10.7. The zero-order valence-corrected chi connectivity index (χ0v) is 11.4. The summed E-state index contributed by atoms with van der Waals surface area (Å²) in [6.07, 6.45) is 7.09. The van der Waals surface area contributed by atoms with Crippen LogP contribution < -0.4 is 0 Å². The van der Waals surface area contributed by atoms with E-state index >= 15 is 0 Å². The average molecular weight is 241 g/mol. The van der Waals surface area contributed by atoms with Crippen LogP contribution >= 0.6 is 0 Å². The molecule has 17 heavy (non-hydrogen) atoms. The first-order chi connectivity index (χ1) is 8.24. The molecule has 0 bridgehead atoms. The fraction of sp³-hybridized carbons (Fsp3) is 0.786. The minimum Gasteiger partial charge on any atom is -0.463 e. The summed E-state index contributed by atoms with van der Waals surface area (Å²) < 4.78 is 4.91. The van der Waals surface area contributed by atoms with Gasteiger partial charge in [-0.25, -0.2) is 4.79 Å². The predicted molar refractivity (Wildman–Crippen MR) is 72.0 cm³/mol. The summed E-state index contributed by atoms with van der Waals surface area (Å²) in [6.45, 7) is 11.8. The molecule has 0 radical (unpaired) electrons. The summed E-state index contributed by atoms with van der Waals surface area (Å²) in [7, 11) is 0. The lowest BCUT2D eigenvalue weighted by Crippen LogP contribution is -2.23. The van der Waals surface area contributed by atoms with Crippen LogP contribution in [0.25, 0.3) is 0 Å². The Morgan fingerprint density at radius 2 is 1.71 bits per heavy atom. The van der Waals surface area contributed by atoms with Crippen molar-refractivity contribution in [2.24, 2.45) is 0 Å². The topological polar surface area (TPSA) is 29.5 Å². The fourth-order valence-corrected chi connectivity index (χ4v) is 1.74. The van der Waals surface area contributed by atoms with Crippen molar-refractivity contribution >= 4 is 5.97 Å². The van der Waals surface area contributed by atoms with Gasteiger partial charge in [-0.15, -0.1) is 0 Å². The smallest absolute Gasteiger partial charge is 0.330 e. The third-order valence-electron chi connectivity index (χ3n) is 2.92. The molecule has 0 aromatic carbocycles. The number of nitrogens with zero attached hydrogens (tertiary/aromatic N) is 1. The second kappa shape index (κ2) is 11.6. The van der Waals surface area contributed by atoms with E-state index < -0.39 is 0 Å². The number of hydrogen-bond donors (Lipinski definition) is 0. The van der Waals surface area contributed by atoms with E-state index in [1.165, 1.54) is 31.9 Å². The monoisotopic (exact) mass is 241 g/mol. The van der Waals surface area contributed by atoms with Crippen molar-refractivity contribution in [3.63, 3.8) is 0 Å². The van der Waals surface area contributed by atoms with Gasteiger partial charge in [0.1, 0.15) is 0 Å². The first kappa shape index (κ1) is 16.2. The highest BCUT2D eigenvalue weighted by molar-refractivity contribution is 5.81. The van der Waals surface area contributed by atoms with Crippen molar-refractivity contribution in [1.82, 2.24) is 4.90 Å². The number of ether oxygens (including phenoxy) is 1. The Labute approximate surface area is 106 Å². The first-order valence-electron chi connectivity index (χ1n) is 6.76. The van der Waals surface area contributed by atoms with E-state index in [4.69, 9.17) is 4.74 Å². The standard InChI is InChI=1S/C14H27NO2/c1-4-14(16)17-13-11-9-7-8-10-12-15(5-2)6-3/h4H,1,5-13H2,2-3H3. The van der Waals surface area contributed by atoms with Gasteiger partial charge in [-0.3, -0.25) is 0 Å². The number of rotatable bonds is 11. The van der Waals surface area contributed by atoms with Crippen molar-refractivity contribution in [2.75, 3.05) is 26.2 Å². The maximum Gasteiger partial charge on any atom is 0.330 e. The molecule has 0 atom stereocenters. The Bertz CT molecular complexity index is 200. The van der Waals surface area contributed by atoms with Gasteiger partial charge in [-0.05, 0) is 32.5 Å². The average Bonchev–Trinajstić information content (AvgIpc) is 2.36. The molecule has 0 rings (SSSR count). The predicted octanol–water partition coefficient (Wildman–Crippen LogP) is 3.01. The lowest BCUT2D eigenvalue weighted by molar-refractivity contribution is -0.137. The van der Waals surface area contributed by atoms with Gasteiger partial charge in [-0.2, -0.15) is 0 Å². The van der Waals surface area contributed by atoms with E-state index in [2.05, 4.69) is 25.3 Å². The zero-order valence-electron chi connectivity index (χ0n) is 11.4. The van der Waals surface area contributed by atoms with Crippen LogP contribution in [-0.2, 0) is 9.53 Å². The number of unbranched alkanes of at least 4 members (excludes halogenated alkanes) is 4. The third kappa shape index (κ3) is 10.1. The molecule has 0 spiro atoms. The van der Waals surface area contributed by atoms with E-state index in [1.54, 1.807) is 0 Å². The summed E-state index contributed by atoms with van der Waals surface area (Å²) in [5.41, 5.74) is 0. The van der Waals surface area contributed by atoms with Crippen molar-refractivity contribution in [1.29, 1.82) is 0 Å². The van der Waals surface area contributed by atoms with Gasteiger partial charge in [0.25, 0.3) is 0 Å². The van der Waals surface area contributed by atoms with Gasteiger partial charge in [0.05, 0.1) is 6.61 Å². The molecule has 0 fully saturated rings. The van der Waals surface area contributed by atoms with Crippen LogP contribution in [0, 0.1) is 0 Å². The Kier molecular flexibility index (Phi) is 11.1. The summed E-state index contributed by atoms with van der Waals surface area (Å²) >= 11 is 0. The van der Waals surface area contributed by atoms with Crippen molar-refractivity contribution in [3.05, 3.63) is 12.7 Å². The summed E-state index contributed by atoms with van der Waals surface area (Å²) in [5, 5.41) is 0. The molecule has 0 heterocycles. The lowest BCUT2D eigenvalue weighted by Gasteiger charge is -2.17. The maximum absolute atomic E-state index is 10.7. The molecule has 0 aliphatic heterocycles. The highest BCUT2D eigenvalue weighted by atomic mass is 16.5. The number of carbonyl (C=O) groups is 1.